The Bertz CT molecular complexity index is 1500. The van der Waals surface area contributed by atoms with E-state index in [2.05, 4.69) is 15.8 Å². The molecule has 0 fully saturated rings. The van der Waals surface area contributed by atoms with Gasteiger partial charge in [-0.2, -0.15) is 18.4 Å². The largest absolute Gasteiger partial charge is 0.431 e. The highest BCUT2D eigenvalue weighted by atomic mass is 35.5. The van der Waals surface area contributed by atoms with Crippen LogP contribution in [0.3, 0.4) is 0 Å². The maximum absolute atomic E-state index is 12.8. The third kappa shape index (κ3) is 5.03. The van der Waals surface area contributed by atoms with Crippen molar-refractivity contribution in [3.8, 4) is 17.0 Å². The fourth-order valence-electron chi connectivity index (χ4n) is 2.81. The SMILES string of the molecule is N#Cc1ccc2nc(Oc3ccc(NS(=O)(=O)c4ccc(C(F)(F)F)cc4Cl)cc3)sc2c1. The van der Waals surface area contributed by atoms with Crippen LogP contribution in [0.2, 0.25) is 5.02 Å². The van der Waals surface area contributed by atoms with Crippen molar-refractivity contribution in [3.63, 3.8) is 0 Å². The van der Waals surface area contributed by atoms with Crippen molar-refractivity contribution in [1.29, 1.82) is 5.26 Å². The van der Waals surface area contributed by atoms with Gasteiger partial charge in [0.15, 0.2) is 0 Å². The minimum atomic E-state index is -4.64. The number of hydrogen-bond donors (Lipinski definition) is 1. The number of sulfonamides is 1. The molecule has 0 saturated carbocycles. The minimum Gasteiger partial charge on any atom is -0.431 e. The highest BCUT2D eigenvalue weighted by Gasteiger charge is 2.32. The van der Waals surface area contributed by atoms with Crippen LogP contribution in [0, 0.1) is 11.3 Å². The summed E-state index contributed by atoms with van der Waals surface area (Å²) in [6, 6.07) is 15.0. The van der Waals surface area contributed by atoms with Crippen LogP contribution in [-0.4, -0.2) is 13.4 Å². The number of fused-ring (bicyclic) bond motifs is 1. The number of hydrogen-bond acceptors (Lipinski definition) is 6. The van der Waals surface area contributed by atoms with Crippen LogP contribution in [0.5, 0.6) is 10.9 Å². The van der Waals surface area contributed by atoms with Crippen molar-refractivity contribution in [2.45, 2.75) is 11.1 Å². The zero-order valence-electron chi connectivity index (χ0n) is 16.2. The number of thiazole rings is 1. The number of anilines is 1. The average molecular weight is 510 g/mol. The normalized spacial score (nSPS) is 11.8. The van der Waals surface area contributed by atoms with Gasteiger partial charge in [0.1, 0.15) is 10.6 Å². The summed E-state index contributed by atoms with van der Waals surface area (Å²) in [4.78, 5) is 3.84. The number of nitriles is 1. The first-order valence-electron chi connectivity index (χ1n) is 9.03. The Hall–Kier alpha value is -3.33. The number of nitrogens with one attached hydrogen (secondary N) is 1. The first-order valence-corrected chi connectivity index (χ1v) is 11.7. The van der Waals surface area contributed by atoms with Crippen molar-refractivity contribution in [2.75, 3.05) is 4.72 Å². The number of benzene rings is 3. The molecule has 6 nitrogen and oxygen atoms in total. The molecule has 0 aliphatic rings. The molecule has 0 atom stereocenters. The van der Waals surface area contributed by atoms with Gasteiger partial charge in [-0.05, 0) is 60.7 Å². The minimum absolute atomic E-state index is 0.154. The molecule has 0 radical (unpaired) electrons. The molecule has 0 aliphatic carbocycles. The molecule has 0 aliphatic heterocycles. The second-order valence-electron chi connectivity index (χ2n) is 6.65. The number of rotatable bonds is 5. The molecule has 0 bridgehead atoms. The highest BCUT2D eigenvalue weighted by Crippen LogP contribution is 2.35. The van der Waals surface area contributed by atoms with E-state index in [9.17, 15) is 21.6 Å². The summed E-state index contributed by atoms with van der Waals surface area (Å²) in [5.41, 5.74) is 0.280. The number of halogens is 4. The molecule has 0 saturated heterocycles. The van der Waals surface area contributed by atoms with Gasteiger partial charge >= 0.3 is 6.18 Å². The van der Waals surface area contributed by atoms with Gasteiger partial charge in [0.25, 0.3) is 15.2 Å². The van der Waals surface area contributed by atoms with E-state index in [0.29, 0.717) is 34.2 Å². The van der Waals surface area contributed by atoms with Crippen LogP contribution in [0.25, 0.3) is 10.2 Å². The van der Waals surface area contributed by atoms with Crippen LogP contribution in [0.15, 0.2) is 65.6 Å². The van der Waals surface area contributed by atoms with Gasteiger partial charge in [-0.3, -0.25) is 4.72 Å². The zero-order valence-corrected chi connectivity index (χ0v) is 18.6. The molecule has 168 valence electrons. The van der Waals surface area contributed by atoms with Crippen molar-refractivity contribution < 1.29 is 26.3 Å². The molecule has 1 N–H and O–H groups in total. The Labute approximate surface area is 194 Å². The van der Waals surface area contributed by atoms with Crippen molar-refractivity contribution in [1.82, 2.24) is 4.98 Å². The second-order valence-corrected chi connectivity index (χ2v) is 9.70. The first-order chi connectivity index (χ1) is 15.5. The van der Waals surface area contributed by atoms with Crippen molar-refractivity contribution in [3.05, 3.63) is 76.8 Å². The summed E-state index contributed by atoms with van der Waals surface area (Å²) in [5, 5.41) is 8.77. The van der Waals surface area contributed by atoms with E-state index >= 15 is 0 Å². The van der Waals surface area contributed by atoms with Crippen LogP contribution < -0.4 is 9.46 Å². The van der Waals surface area contributed by atoms with E-state index in [-0.39, 0.29) is 5.69 Å². The summed E-state index contributed by atoms with van der Waals surface area (Å²) >= 11 is 7.04. The van der Waals surface area contributed by atoms with Crippen LogP contribution in [0.4, 0.5) is 18.9 Å². The molecule has 1 heterocycles. The zero-order chi connectivity index (χ0) is 23.8. The Morgan fingerprint density at radius 3 is 2.42 bits per heavy atom. The number of nitrogens with zero attached hydrogens (tertiary/aromatic N) is 2. The molecule has 33 heavy (non-hydrogen) atoms. The second kappa shape index (κ2) is 8.55. The molecule has 4 rings (SSSR count). The number of aromatic nitrogens is 1. The van der Waals surface area contributed by atoms with Crippen molar-refractivity contribution >= 4 is 48.9 Å². The molecule has 0 amide bonds. The Morgan fingerprint density at radius 2 is 1.79 bits per heavy atom. The summed E-state index contributed by atoms with van der Waals surface area (Å²) in [6.07, 6.45) is -4.64. The van der Waals surface area contributed by atoms with Gasteiger partial charge < -0.3 is 4.74 Å². The van der Waals surface area contributed by atoms with Gasteiger partial charge in [-0.15, -0.1) is 0 Å². The van der Waals surface area contributed by atoms with E-state index < -0.39 is 31.7 Å². The lowest BCUT2D eigenvalue weighted by atomic mass is 10.2. The average Bonchev–Trinajstić information content (AvgIpc) is 3.15. The molecular weight excluding hydrogens is 499 g/mol. The van der Waals surface area contributed by atoms with Crippen LogP contribution >= 0.6 is 22.9 Å². The maximum atomic E-state index is 12.8. The van der Waals surface area contributed by atoms with Crippen molar-refractivity contribution in [2.24, 2.45) is 0 Å². The maximum Gasteiger partial charge on any atom is 0.416 e. The Balaban J connectivity index is 1.50. The van der Waals surface area contributed by atoms with E-state index in [1.807, 2.05) is 0 Å². The van der Waals surface area contributed by atoms with Gasteiger partial charge in [0.2, 0.25) is 0 Å². The predicted octanol–water partition coefficient (Wildman–Crippen LogP) is 6.43. The van der Waals surface area contributed by atoms with E-state index in [1.54, 1.807) is 18.2 Å². The summed E-state index contributed by atoms with van der Waals surface area (Å²) in [5.74, 6) is 0.380. The first kappa shape index (κ1) is 22.8. The number of ether oxygens (including phenoxy) is 1. The standard InChI is InChI=1S/C21H11ClF3N3O3S2/c22-16-10-13(21(23,24)25)2-8-19(16)33(29,30)28-14-3-5-15(6-4-14)31-20-27-17-7-1-12(11-26)9-18(17)32-20/h1-10,28H. The van der Waals surface area contributed by atoms with Gasteiger partial charge in [-0.25, -0.2) is 13.4 Å². The lowest BCUT2D eigenvalue weighted by Crippen LogP contribution is -2.14. The number of alkyl halides is 3. The molecule has 0 unspecified atom stereocenters. The fourth-order valence-corrected chi connectivity index (χ4v) is 5.29. The molecular formula is C21H11ClF3N3O3S2. The third-order valence-corrected chi connectivity index (χ3v) is 7.12. The molecule has 1 aromatic heterocycles. The predicted molar refractivity (Wildman–Crippen MR) is 118 cm³/mol. The van der Waals surface area contributed by atoms with Crippen LogP contribution in [-0.2, 0) is 16.2 Å². The highest BCUT2D eigenvalue weighted by molar-refractivity contribution is 7.92. The smallest absolute Gasteiger partial charge is 0.416 e. The van der Waals surface area contributed by atoms with E-state index in [1.165, 1.54) is 35.6 Å². The Morgan fingerprint density at radius 1 is 1.06 bits per heavy atom. The quantitative estimate of drug-likeness (QED) is 0.334. The summed E-state index contributed by atoms with van der Waals surface area (Å²) < 4.78 is 72.2. The fraction of sp³-hybridized carbons (Fsp3) is 0.0476. The molecule has 12 heteroatoms. The Kier molecular flexibility index (Phi) is 5.92. The summed E-state index contributed by atoms with van der Waals surface area (Å²) in [7, 11) is -4.23. The monoisotopic (exact) mass is 509 g/mol. The molecule has 0 spiro atoms. The van der Waals surface area contributed by atoms with E-state index in [4.69, 9.17) is 21.6 Å². The van der Waals surface area contributed by atoms with Gasteiger partial charge in [0, 0.05) is 5.69 Å². The third-order valence-electron chi connectivity index (χ3n) is 4.36. The van der Waals surface area contributed by atoms with Gasteiger partial charge in [-0.1, -0.05) is 22.9 Å². The molecule has 4 aromatic rings. The van der Waals surface area contributed by atoms with Gasteiger partial charge in [0.05, 0.1) is 32.4 Å². The lowest BCUT2D eigenvalue weighted by molar-refractivity contribution is -0.137. The topological polar surface area (TPSA) is 92.1 Å². The van der Waals surface area contributed by atoms with E-state index in [0.717, 1.165) is 10.8 Å². The molecule has 3 aromatic carbocycles. The van der Waals surface area contributed by atoms with Crippen LogP contribution in [0.1, 0.15) is 11.1 Å². The lowest BCUT2D eigenvalue weighted by Gasteiger charge is -2.12. The summed E-state index contributed by atoms with van der Waals surface area (Å²) in [6.45, 7) is 0.